The molecular weight excluding hydrogens is 276 g/mol. The molecule has 0 saturated carbocycles. The number of aromatic nitrogens is 2. The van der Waals surface area contributed by atoms with E-state index in [1.54, 1.807) is 12.1 Å². The summed E-state index contributed by atoms with van der Waals surface area (Å²) in [7, 11) is 0. The number of alkyl halides is 1. The van der Waals surface area contributed by atoms with Crippen LogP contribution in [-0.4, -0.2) is 26.2 Å². The van der Waals surface area contributed by atoms with Crippen LogP contribution in [0.4, 0.5) is 0 Å². The standard InChI is InChI=1S/C10H9BrN2O3/c11-3-5-1-2-6(9(14)10(15)16)8-7(5)12-4-13-8/h1-2,4,9,14H,3H2,(H,12,13)(H,15,16). The third-order valence-electron chi connectivity index (χ3n) is 2.37. The van der Waals surface area contributed by atoms with Crippen LogP contribution >= 0.6 is 15.9 Å². The van der Waals surface area contributed by atoms with Crippen LogP contribution in [0.2, 0.25) is 0 Å². The normalized spacial score (nSPS) is 12.9. The summed E-state index contributed by atoms with van der Waals surface area (Å²) in [6, 6.07) is 3.34. The molecule has 1 aromatic heterocycles. The van der Waals surface area contributed by atoms with Gasteiger partial charge in [0.05, 0.1) is 17.4 Å². The van der Waals surface area contributed by atoms with Gasteiger partial charge in [0, 0.05) is 10.9 Å². The molecule has 1 aromatic carbocycles. The first-order valence-corrected chi connectivity index (χ1v) is 5.69. The number of benzene rings is 1. The highest BCUT2D eigenvalue weighted by Crippen LogP contribution is 2.25. The zero-order valence-corrected chi connectivity index (χ0v) is 9.73. The topological polar surface area (TPSA) is 86.2 Å². The molecule has 2 aromatic rings. The highest BCUT2D eigenvalue weighted by atomic mass is 79.9. The molecule has 1 atom stereocenters. The van der Waals surface area contributed by atoms with Gasteiger partial charge in [-0.2, -0.15) is 0 Å². The Labute approximate surface area is 99.3 Å². The van der Waals surface area contributed by atoms with Crippen LogP contribution in [0, 0.1) is 0 Å². The first-order valence-electron chi connectivity index (χ1n) is 4.57. The Hall–Kier alpha value is -1.40. The maximum absolute atomic E-state index is 10.7. The third-order valence-corrected chi connectivity index (χ3v) is 2.97. The van der Waals surface area contributed by atoms with Gasteiger partial charge in [0.1, 0.15) is 0 Å². The Morgan fingerprint density at radius 3 is 2.94 bits per heavy atom. The van der Waals surface area contributed by atoms with E-state index in [0.29, 0.717) is 21.9 Å². The van der Waals surface area contributed by atoms with E-state index >= 15 is 0 Å². The highest BCUT2D eigenvalue weighted by Gasteiger charge is 2.20. The molecule has 2 rings (SSSR count). The molecule has 5 nitrogen and oxygen atoms in total. The second-order valence-electron chi connectivity index (χ2n) is 3.31. The summed E-state index contributed by atoms with van der Waals surface area (Å²) in [6.07, 6.45) is -0.0538. The second-order valence-corrected chi connectivity index (χ2v) is 3.88. The molecule has 0 fully saturated rings. The fraction of sp³-hybridized carbons (Fsp3) is 0.200. The summed E-state index contributed by atoms with van der Waals surface area (Å²) < 4.78 is 0. The van der Waals surface area contributed by atoms with Crippen LogP contribution < -0.4 is 0 Å². The van der Waals surface area contributed by atoms with Gasteiger partial charge >= 0.3 is 5.97 Å². The van der Waals surface area contributed by atoms with Crippen LogP contribution in [0.1, 0.15) is 17.2 Å². The van der Waals surface area contributed by atoms with Crippen LogP contribution in [0.5, 0.6) is 0 Å². The van der Waals surface area contributed by atoms with Gasteiger partial charge in [0.25, 0.3) is 0 Å². The predicted molar refractivity (Wildman–Crippen MR) is 61.3 cm³/mol. The van der Waals surface area contributed by atoms with Crippen molar-refractivity contribution in [2.75, 3.05) is 0 Å². The minimum absolute atomic E-state index is 0.324. The van der Waals surface area contributed by atoms with Gasteiger partial charge in [0.15, 0.2) is 6.10 Å². The number of aromatic amines is 1. The van der Waals surface area contributed by atoms with Gasteiger partial charge in [-0.3, -0.25) is 0 Å². The smallest absolute Gasteiger partial charge is 0.337 e. The Balaban J connectivity index is 2.64. The maximum atomic E-state index is 10.7. The lowest BCUT2D eigenvalue weighted by Crippen LogP contribution is -2.11. The monoisotopic (exact) mass is 284 g/mol. The van der Waals surface area contributed by atoms with Crippen molar-refractivity contribution in [3.05, 3.63) is 29.6 Å². The number of fused-ring (bicyclic) bond motifs is 1. The SMILES string of the molecule is O=C(O)C(O)c1ccc(CBr)c2nc[nH]c12. The van der Waals surface area contributed by atoms with Crippen molar-refractivity contribution < 1.29 is 15.0 Å². The summed E-state index contributed by atoms with van der Waals surface area (Å²) >= 11 is 3.32. The van der Waals surface area contributed by atoms with E-state index in [-0.39, 0.29) is 0 Å². The predicted octanol–water partition coefficient (Wildman–Crippen LogP) is 1.58. The molecule has 1 unspecified atom stereocenters. The lowest BCUT2D eigenvalue weighted by Gasteiger charge is -2.08. The number of carboxylic acids is 1. The lowest BCUT2D eigenvalue weighted by atomic mass is 10.0. The van der Waals surface area contributed by atoms with Crippen molar-refractivity contribution in [1.82, 2.24) is 9.97 Å². The number of nitrogens with one attached hydrogen (secondary N) is 1. The van der Waals surface area contributed by atoms with Gasteiger partial charge < -0.3 is 15.2 Å². The molecule has 0 spiro atoms. The molecule has 1 heterocycles. The molecule has 16 heavy (non-hydrogen) atoms. The highest BCUT2D eigenvalue weighted by molar-refractivity contribution is 9.08. The molecular formula is C10H9BrN2O3. The Morgan fingerprint density at radius 1 is 1.56 bits per heavy atom. The summed E-state index contributed by atoms with van der Waals surface area (Å²) in [4.78, 5) is 17.7. The van der Waals surface area contributed by atoms with E-state index in [2.05, 4.69) is 25.9 Å². The molecule has 0 saturated heterocycles. The molecule has 0 aliphatic carbocycles. The third kappa shape index (κ3) is 1.70. The van der Waals surface area contributed by atoms with Gasteiger partial charge in [0.2, 0.25) is 0 Å². The van der Waals surface area contributed by atoms with Gasteiger partial charge in [-0.25, -0.2) is 9.78 Å². The van der Waals surface area contributed by atoms with Crippen LogP contribution in [0.25, 0.3) is 11.0 Å². The van der Waals surface area contributed by atoms with Gasteiger partial charge in [-0.1, -0.05) is 28.1 Å². The molecule has 0 amide bonds. The molecule has 0 bridgehead atoms. The maximum Gasteiger partial charge on any atom is 0.337 e. The second kappa shape index (κ2) is 4.23. The molecule has 84 valence electrons. The summed E-state index contributed by atoms with van der Waals surface area (Å²) in [6.45, 7) is 0. The first-order chi connectivity index (χ1) is 7.65. The van der Waals surface area contributed by atoms with Crippen molar-refractivity contribution in [3.63, 3.8) is 0 Å². The Kier molecular flexibility index (Phi) is 2.93. The fourth-order valence-corrected chi connectivity index (χ4v) is 2.03. The molecule has 6 heteroatoms. The summed E-state index contributed by atoms with van der Waals surface area (Å²) in [5, 5.41) is 18.9. The molecule has 0 radical (unpaired) electrons. The number of halogens is 1. The number of rotatable bonds is 3. The quantitative estimate of drug-likeness (QED) is 0.747. The average Bonchev–Trinajstić information content (AvgIpc) is 2.75. The van der Waals surface area contributed by atoms with Crippen molar-refractivity contribution in [2.24, 2.45) is 0 Å². The number of aliphatic hydroxyl groups excluding tert-OH is 1. The van der Waals surface area contributed by atoms with Gasteiger partial charge in [-0.15, -0.1) is 0 Å². The van der Waals surface area contributed by atoms with E-state index in [0.717, 1.165) is 5.56 Å². The fourth-order valence-electron chi connectivity index (χ4n) is 1.58. The number of carboxylic acid groups (broad SMARTS) is 1. The van der Waals surface area contributed by atoms with Crippen molar-refractivity contribution in [2.45, 2.75) is 11.4 Å². The number of H-pyrrole nitrogens is 1. The minimum Gasteiger partial charge on any atom is -0.479 e. The number of carbonyl (C=O) groups is 1. The van der Waals surface area contributed by atoms with Crippen LogP contribution in [0.3, 0.4) is 0 Å². The molecule has 0 aliphatic heterocycles. The largest absolute Gasteiger partial charge is 0.479 e. The number of aliphatic hydroxyl groups is 1. The van der Waals surface area contributed by atoms with E-state index in [4.69, 9.17) is 5.11 Å². The Morgan fingerprint density at radius 2 is 2.31 bits per heavy atom. The van der Waals surface area contributed by atoms with E-state index in [9.17, 15) is 9.90 Å². The van der Waals surface area contributed by atoms with Crippen molar-refractivity contribution >= 4 is 32.9 Å². The number of nitrogens with zero attached hydrogens (tertiary/aromatic N) is 1. The zero-order valence-electron chi connectivity index (χ0n) is 8.14. The Bertz CT molecular complexity index is 538. The van der Waals surface area contributed by atoms with E-state index in [1.807, 2.05) is 0 Å². The first kappa shape index (κ1) is 11.1. The van der Waals surface area contributed by atoms with Gasteiger partial charge in [-0.05, 0) is 5.56 Å². The number of imidazole rings is 1. The zero-order chi connectivity index (χ0) is 11.7. The van der Waals surface area contributed by atoms with E-state index < -0.39 is 12.1 Å². The number of aliphatic carboxylic acids is 1. The number of hydrogen-bond acceptors (Lipinski definition) is 3. The van der Waals surface area contributed by atoms with Crippen LogP contribution in [0.15, 0.2) is 18.5 Å². The summed E-state index contributed by atoms with van der Waals surface area (Å²) in [5.41, 5.74) is 2.50. The average molecular weight is 285 g/mol. The van der Waals surface area contributed by atoms with Crippen LogP contribution in [-0.2, 0) is 10.1 Å². The lowest BCUT2D eigenvalue weighted by molar-refractivity contribution is -0.146. The van der Waals surface area contributed by atoms with Crippen molar-refractivity contribution in [1.29, 1.82) is 0 Å². The summed E-state index contributed by atoms with van der Waals surface area (Å²) in [5.74, 6) is -1.28. The minimum atomic E-state index is -1.53. The molecule has 0 aliphatic rings. The van der Waals surface area contributed by atoms with Crippen molar-refractivity contribution in [3.8, 4) is 0 Å². The number of hydrogen-bond donors (Lipinski definition) is 3. The van der Waals surface area contributed by atoms with E-state index in [1.165, 1.54) is 6.33 Å². The molecule has 3 N–H and O–H groups in total.